The third kappa shape index (κ3) is 33.2. The number of nitrogens with zero attached hydrogens (tertiary/aromatic N) is 6. The van der Waals surface area contributed by atoms with E-state index >= 15 is 0 Å². The summed E-state index contributed by atoms with van der Waals surface area (Å²) in [4.78, 5) is 34.8. The Kier molecular flexibility index (Phi) is 44.7. The minimum absolute atomic E-state index is 0. The Bertz CT molecular complexity index is 4010. The molecule has 4 fully saturated rings. The van der Waals surface area contributed by atoms with Gasteiger partial charge in [0.05, 0.1) is 16.8 Å². The lowest BCUT2D eigenvalue weighted by Gasteiger charge is -2.42. The first-order valence-corrected chi connectivity index (χ1v) is 42.9. The molecule has 3 unspecified atom stereocenters. The molecule has 6 aromatic rings. The highest BCUT2D eigenvalue weighted by atomic mass is 79.9. The maximum Gasteiger partial charge on any atom is 0.430 e. The quantitative estimate of drug-likeness (QED) is 0.0438. The van der Waals surface area contributed by atoms with Gasteiger partial charge >= 0.3 is 24.5 Å². The molecule has 2 amide bonds. The van der Waals surface area contributed by atoms with E-state index in [1.165, 1.54) is 23.1 Å². The number of sulfonamides is 1. The van der Waals surface area contributed by atoms with E-state index in [0.29, 0.717) is 65.6 Å². The molecule has 4 atom stereocenters. The lowest BCUT2D eigenvalue weighted by molar-refractivity contribution is -0.376. The third-order valence-electron chi connectivity index (χ3n) is 18.4. The molecule has 10 rings (SSSR count). The summed E-state index contributed by atoms with van der Waals surface area (Å²) in [5.74, 6) is 0. The van der Waals surface area contributed by atoms with E-state index in [1.807, 2.05) is 104 Å². The normalized spacial score (nSPS) is 17.8. The monoisotopic (exact) mass is 1850 g/mol. The number of carbonyl (C=O) groups is 2. The van der Waals surface area contributed by atoms with Crippen LogP contribution in [-0.4, -0.2) is 190 Å². The van der Waals surface area contributed by atoms with Crippen LogP contribution in [-0.2, 0) is 51.0 Å². The van der Waals surface area contributed by atoms with Gasteiger partial charge in [0.2, 0.25) is 0 Å². The van der Waals surface area contributed by atoms with Crippen molar-refractivity contribution in [3.05, 3.63) is 159 Å². The number of nitrogens with one attached hydrogen (secondary N) is 2. The van der Waals surface area contributed by atoms with Crippen molar-refractivity contribution in [2.75, 3.05) is 93.2 Å². The number of halogens is 11. The number of ether oxygens (including phenoxy) is 2. The number of aliphatic hydroxyl groups is 4. The second-order valence-electron chi connectivity index (χ2n) is 30.6. The van der Waals surface area contributed by atoms with Crippen LogP contribution in [0, 0.1) is 0 Å². The van der Waals surface area contributed by atoms with Gasteiger partial charge in [0.1, 0.15) is 19.6 Å². The smallest absolute Gasteiger partial charge is 0.430 e. The highest BCUT2D eigenvalue weighted by Gasteiger charge is 2.71. The van der Waals surface area contributed by atoms with Crippen molar-refractivity contribution in [3.8, 4) is 0 Å². The highest BCUT2D eigenvalue weighted by Crippen LogP contribution is 2.50. The van der Waals surface area contributed by atoms with Crippen LogP contribution < -0.4 is 25.3 Å². The molecule has 656 valence electrons. The predicted molar refractivity (Wildman–Crippen MR) is 466 cm³/mol. The van der Waals surface area contributed by atoms with Crippen LogP contribution in [0.1, 0.15) is 174 Å². The van der Waals surface area contributed by atoms with E-state index in [1.54, 1.807) is 70.8 Å². The molecule has 35 heteroatoms. The highest BCUT2D eigenvalue weighted by molar-refractivity contribution is 9.10. The fourth-order valence-electron chi connectivity index (χ4n) is 12.1. The zero-order valence-corrected chi connectivity index (χ0v) is 75.0. The number of anilines is 3. The molecule has 6 N–H and O–H groups in total. The average Bonchev–Trinajstić information content (AvgIpc) is 1.74. The first-order valence-electron chi connectivity index (χ1n) is 36.6. The van der Waals surface area contributed by atoms with Crippen molar-refractivity contribution in [2.45, 2.75) is 230 Å². The SMILES string of the molecule is C.C.CCC1CN(C(=O)OC(C)(C)C)CCN1c1ccc(C(C)(C)O)cc1.CCC1CN(S(=O)(=O)c2cccs2)CCN1c1ccc(C(C)(C)O)cc1.CCC1CNCCN1c1ccc(C(C)(C)O)cc1.CC[C@H]1CN(C(=O)OC(C)(C)C)CCN1.Cl.Cl.Cl.O=S(=O)(Cl)c1cccs1.OC(c1ccc(Br)cc1)(C(F)(F)F)C(F)(F)F. The molecule has 4 aliphatic rings. The first kappa shape index (κ1) is 110. The van der Waals surface area contributed by atoms with Gasteiger partial charge in [-0.05, 0) is 197 Å². The minimum Gasteiger partial charge on any atom is -0.444 e. The van der Waals surface area contributed by atoms with Crippen LogP contribution >= 0.6 is 86.5 Å². The van der Waals surface area contributed by atoms with Crippen molar-refractivity contribution in [1.29, 1.82) is 0 Å². The first-order chi connectivity index (χ1) is 50.8. The van der Waals surface area contributed by atoms with Gasteiger partial charge in [0, 0.05) is 140 Å². The van der Waals surface area contributed by atoms with Gasteiger partial charge in [-0.2, -0.15) is 30.6 Å². The van der Waals surface area contributed by atoms with E-state index in [0.717, 1.165) is 123 Å². The molecule has 0 radical (unpaired) electrons. The van der Waals surface area contributed by atoms with E-state index in [4.69, 9.17) is 25.3 Å². The van der Waals surface area contributed by atoms with Gasteiger partial charge in [-0.15, -0.1) is 59.9 Å². The van der Waals surface area contributed by atoms with Crippen molar-refractivity contribution in [2.24, 2.45) is 0 Å². The molecule has 0 saturated carbocycles. The van der Waals surface area contributed by atoms with E-state index in [-0.39, 0.29) is 80.6 Å². The van der Waals surface area contributed by atoms with Crippen molar-refractivity contribution >= 4 is 135 Å². The van der Waals surface area contributed by atoms with Gasteiger partial charge in [0.15, 0.2) is 0 Å². The summed E-state index contributed by atoms with van der Waals surface area (Å²) < 4.78 is 134. The van der Waals surface area contributed by atoms with Gasteiger partial charge < -0.3 is 65.0 Å². The molecule has 4 saturated heterocycles. The van der Waals surface area contributed by atoms with Crippen molar-refractivity contribution < 1.29 is 82.7 Å². The molecule has 115 heavy (non-hydrogen) atoms. The number of thiophene rings is 2. The number of hydrogen-bond donors (Lipinski definition) is 6. The topological polar surface area (TPSA) is 245 Å². The molecule has 2 aromatic heterocycles. The molecule has 20 nitrogen and oxygen atoms in total. The van der Waals surface area contributed by atoms with Crippen LogP contribution in [0.3, 0.4) is 0 Å². The maximum absolute atomic E-state index is 12.8. The standard InChI is InChI=1S/C20H32N2O3.C19H26N2O3S2.C15H24N2O.C11H22N2O2.C9H5BrF6O.C4H3ClO2S2.2CH4.3ClH/c1-7-16-14-21(18(23)25-19(2,3)4)12-13-22(16)17-10-8-15(9-11-17)20(5,6)24;1-4-16-14-20(26(23,24)18-6-5-13-25-18)11-12-21(16)17-9-7-15(8-10-17)19(2,3)22;1-4-13-11-16-9-10-17(13)14-7-5-12(6-8-14)15(2,3)18;1-5-9-8-13(7-6-12-9)10(14)15-11(2,3)4;10-6-3-1-5(2-4-6)7(17,8(11,12)13)9(14,15)16;5-9(6,7)4-2-1-3-8-4;;;;;/h8-11,16,24H,7,12-14H2,1-6H3;5-10,13,16,22H,4,11-12,14H2,1-3H3;5-8,13,16,18H,4,9-11H2,1-3H3;9,12H,5-8H2,1-4H3;1-4,17H;1-3H;2*1H4;3*1H/t;;;9-;;;;;;;/m...0......./s1. The second-order valence-corrected chi connectivity index (χ2v) is 38.3. The summed E-state index contributed by atoms with van der Waals surface area (Å²) in [6, 6.07) is 35.3. The fourth-order valence-corrected chi connectivity index (χ4v) is 16.8. The molecule has 0 spiro atoms. The number of rotatable bonds is 14. The Morgan fingerprint density at radius 2 is 0.852 bits per heavy atom. The summed E-state index contributed by atoms with van der Waals surface area (Å²) >= 11 is 5.25. The Morgan fingerprint density at radius 1 is 0.487 bits per heavy atom. The van der Waals surface area contributed by atoms with Crippen LogP contribution in [0.25, 0.3) is 0 Å². The number of hydrogen-bond acceptors (Lipinski definition) is 19. The van der Waals surface area contributed by atoms with Gasteiger partial charge in [-0.3, -0.25) is 0 Å². The van der Waals surface area contributed by atoms with Gasteiger partial charge in [-0.1, -0.05) is 119 Å². The van der Waals surface area contributed by atoms with Crippen molar-refractivity contribution in [3.63, 3.8) is 0 Å². The number of alkyl halides is 6. The largest absolute Gasteiger partial charge is 0.444 e. The van der Waals surface area contributed by atoms with Crippen molar-refractivity contribution in [1.82, 2.24) is 24.7 Å². The summed E-state index contributed by atoms with van der Waals surface area (Å²) in [6.07, 6.45) is -8.11. The average molecular weight is 1850 g/mol. The third-order valence-corrected chi connectivity index (χ3v) is 25.1. The summed E-state index contributed by atoms with van der Waals surface area (Å²) in [5, 5.41) is 49.4. The zero-order chi connectivity index (χ0) is 82.8. The summed E-state index contributed by atoms with van der Waals surface area (Å²) in [6.45, 7) is 39.9. The molecule has 6 heterocycles. The predicted octanol–water partition coefficient (Wildman–Crippen LogP) is 18.7. The van der Waals surface area contributed by atoms with E-state index in [9.17, 15) is 68.1 Å². The van der Waals surface area contributed by atoms with Gasteiger partial charge in [0.25, 0.3) is 24.7 Å². The van der Waals surface area contributed by atoms with Crippen LogP contribution in [0.2, 0.25) is 0 Å². The number of benzene rings is 4. The molecular formula is C80H123BrCl4F6N8O12S4. The lowest BCUT2D eigenvalue weighted by atomic mass is 9.92. The maximum atomic E-state index is 12.8. The number of amides is 2. The molecule has 4 aromatic carbocycles. The van der Waals surface area contributed by atoms with Gasteiger partial charge in [-0.25, -0.2) is 26.4 Å². The number of piperazine rings is 4. The second kappa shape index (κ2) is 46.7. The Hall–Kier alpha value is -4.94. The Labute approximate surface area is 718 Å². The molecule has 0 bridgehead atoms. The summed E-state index contributed by atoms with van der Waals surface area (Å²) in [7, 11) is -1.89. The van der Waals surface area contributed by atoms with Crippen LogP contribution in [0.5, 0.6) is 0 Å². The Balaban J connectivity index is 0.00000138. The number of carbonyl (C=O) groups excluding carboxylic acids is 2. The fraction of sp³-hybridized carbons (Fsp3) is 0.575. The minimum atomic E-state index is -5.85. The Morgan fingerprint density at radius 3 is 1.19 bits per heavy atom. The molecule has 4 aliphatic heterocycles. The summed E-state index contributed by atoms with van der Waals surface area (Å²) in [5.41, 5.74) is -3.27. The molecular weight excluding hydrogens is 1730 g/mol. The molecule has 0 aliphatic carbocycles. The lowest BCUT2D eigenvalue weighted by Crippen LogP contribution is -2.55. The zero-order valence-electron chi connectivity index (χ0n) is 66.9. The van der Waals surface area contributed by atoms with Crippen LogP contribution in [0.15, 0.2) is 145 Å². The van der Waals surface area contributed by atoms with E-state index in [2.05, 4.69) is 93.2 Å². The van der Waals surface area contributed by atoms with E-state index < -0.39 is 70.6 Å². The van der Waals surface area contributed by atoms with Crippen LogP contribution in [0.4, 0.5) is 53.0 Å².